The normalized spacial score (nSPS) is 21.8. The second-order valence-electron chi connectivity index (χ2n) is 4.48. The minimum absolute atomic E-state index is 0.248. The molecule has 0 saturated heterocycles. The van der Waals surface area contributed by atoms with Crippen molar-refractivity contribution in [3.8, 4) is 5.75 Å². The summed E-state index contributed by atoms with van der Waals surface area (Å²) in [7, 11) is 0. The number of alkyl halides is 6. The van der Waals surface area contributed by atoms with Gasteiger partial charge in [-0.3, -0.25) is 4.79 Å². The number of halogens is 6. The molecule has 1 aliphatic heterocycles. The SMILES string of the molecule is CC(=O)Nc1ccc2c(c1)C(C(Cl)(Cl)Cl)OC(C(Cl)(Cl)Cl)O2. The maximum Gasteiger partial charge on any atom is 0.252 e. The molecule has 10 heteroatoms. The third kappa shape index (κ3) is 4.38. The van der Waals surface area contributed by atoms with Crippen molar-refractivity contribution in [3.63, 3.8) is 0 Å². The number of benzene rings is 1. The maximum atomic E-state index is 11.1. The number of fused-ring (bicyclic) bond motifs is 1. The molecule has 0 aromatic heterocycles. The highest BCUT2D eigenvalue weighted by molar-refractivity contribution is 6.68. The Balaban J connectivity index is 2.45. The van der Waals surface area contributed by atoms with Crippen LogP contribution >= 0.6 is 69.6 Å². The predicted octanol–water partition coefficient (Wildman–Crippen LogP) is 5.16. The van der Waals surface area contributed by atoms with Gasteiger partial charge in [0.1, 0.15) is 11.9 Å². The second-order valence-corrected chi connectivity index (χ2v) is 9.22. The standard InChI is InChI=1S/C12H9Cl6NO3/c1-5(20)19-6-2-3-8-7(4-6)9(11(13,14)15)22-10(21-8)12(16,17)18/h2-4,9-10H,1H3,(H,19,20). The Labute approximate surface area is 156 Å². The van der Waals surface area contributed by atoms with Gasteiger partial charge in [-0.15, -0.1) is 0 Å². The van der Waals surface area contributed by atoms with E-state index in [9.17, 15) is 4.79 Å². The molecule has 2 rings (SSSR count). The summed E-state index contributed by atoms with van der Waals surface area (Å²) in [5.41, 5.74) is 0.904. The zero-order chi connectivity index (χ0) is 16.7. The van der Waals surface area contributed by atoms with Crippen molar-refractivity contribution < 1.29 is 14.3 Å². The van der Waals surface area contributed by atoms with Crippen LogP contribution in [-0.4, -0.2) is 19.8 Å². The van der Waals surface area contributed by atoms with Crippen LogP contribution in [0.2, 0.25) is 0 Å². The van der Waals surface area contributed by atoms with Gasteiger partial charge in [-0.05, 0) is 18.2 Å². The first kappa shape index (κ1) is 18.5. The summed E-state index contributed by atoms with van der Waals surface area (Å²) in [4.78, 5) is 11.1. The molecule has 0 spiro atoms. The van der Waals surface area contributed by atoms with Crippen molar-refractivity contribution in [2.24, 2.45) is 0 Å². The summed E-state index contributed by atoms with van der Waals surface area (Å²) in [6, 6.07) is 4.74. The molecule has 1 N–H and O–H groups in total. The predicted molar refractivity (Wildman–Crippen MR) is 89.6 cm³/mol. The van der Waals surface area contributed by atoms with E-state index in [-0.39, 0.29) is 5.91 Å². The van der Waals surface area contributed by atoms with E-state index in [2.05, 4.69) is 5.32 Å². The Kier molecular flexibility index (Phi) is 5.55. The van der Waals surface area contributed by atoms with E-state index in [1.807, 2.05) is 0 Å². The van der Waals surface area contributed by atoms with E-state index in [0.29, 0.717) is 17.0 Å². The monoisotopic (exact) mass is 425 g/mol. The van der Waals surface area contributed by atoms with Gasteiger partial charge in [-0.2, -0.15) is 0 Å². The van der Waals surface area contributed by atoms with Crippen molar-refractivity contribution in [1.82, 2.24) is 0 Å². The summed E-state index contributed by atoms with van der Waals surface area (Å²) in [5.74, 6) is 0.0789. The van der Waals surface area contributed by atoms with E-state index in [4.69, 9.17) is 79.1 Å². The topological polar surface area (TPSA) is 47.6 Å². The van der Waals surface area contributed by atoms with Crippen molar-refractivity contribution in [2.45, 2.75) is 26.9 Å². The molecule has 1 heterocycles. The molecule has 1 amide bonds. The Morgan fingerprint density at radius 1 is 1.14 bits per heavy atom. The molecule has 2 atom stereocenters. The lowest BCUT2D eigenvalue weighted by atomic mass is 10.1. The van der Waals surface area contributed by atoms with Gasteiger partial charge in [0.2, 0.25) is 16.0 Å². The van der Waals surface area contributed by atoms with Gasteiger partial charge in [0, 0.05) is 18.2 Å². The van der Waals surface area contributed by atoms with E-state index in [1.54, 1.807) is 18.2 Å². The Hall–Kier alpha value is 0.190. The second kappa shape index (κ2) is 6.60. The number of nitrogens with one attached hydrogen (secondary N) is 1. The van der Waals surface area contributed by atoms with Crippen LogP contribution in [0.1, 0.15) is 18.6 Å². The largest absolute Gasteiger partial charge is 0.460 e. The fourth-order valence-corrected chi connectivity index (χ4v) is 2.67. The van der Waals surface area contributed by atoms with Gasteiger partial charge in [-0.25, -0.2) is 0 Å². The molecule has 0 saturated carbocycles. The van der Waals surface area contributed by atoms with Gasteiger partial charge in [0.25, 0.3) is 3.79 Å². The zero-order valence-electron chi connectivity index (χ0n) is 10.9. The van der Waals surface area contributed by atoms with E-state index in [0.717, 1.165) is 0 Å². The summed E-state index contributed by atoms with van der Waals surface area (Å²) < 4.78 is 7.25. The average molecular weight is 428 g/mol. The van der Waals surface area contributed by atoms with Gasteiger partial charge in [-0.1, -0.05) is 69.6 Å². The lowest BCUT2D eigenvalue weighted by molar-refractivity contribution is -0.136. The molecule has 0 radical (unpaired) electrons. The maximum absolute atomic E-state index is 11.1. The molecule has 2 unspecified atom stereocenters. The first-order chi connectivity index (χ1) is 9.98. The van der Waals surface area contributed by atoms with E-state index >= 15 is 0 Å². The van der Waals surface area contributed by atoms with E-state index in [1.165, 1.54) is 6.92 Å². The van der Waals surface area contributed by atoms with Crippen LogP contribution in [0.15, 0.2) is 18.2 Å². The van der Waals surface area contributed by atoms with Crippen molar-refractivity contribution in [1.29, 1.82) is 0 Å². The molecule has 0 aliphatic carbocycles. The highest BCUT2D eigenvalue weighted by atomic mass is 35.6. The number of ether oxygens (including phenoxy) is 2. The average Bonchev–Trinajstić information content (AvgIpc) is 2.34. The number of hydrogen-bond donors (Lipinski definition) is 1. The Morgan fingerprint density at radius 3 is 2.27 bits per heavy atom. The van der Waals surface area contributed by atoms with Crippen molar-refractivity contribution >= 4 is 81.2 Å². The third-order valence-electron chi connectivity index (χ3n) is 2.67. The molecular weight excluding hydrogens is 419 g/mol. The third-order valence-corrected chi connectivity index (χ3v) is 3.80. The first-order valence-electron chi connectivity index (χ1n) is 5.85. The zero-order valence-corrected chi connectivity index (χ0v) is 15.4. The van der Waals surface area contributed by atoms with Gasteiger partial charge in [0.05, 0.1) is 0 Å². The van der Waals surface area contributed by atoms with Crippen LogP contribution in [0.4, 0.5) is 5.69 Å². The fourth-order valence-electron chi connectivity index (χ4n) is 1.88. The Bertz CT molecular complexity index is 583. The van der Waals surface area contributed by atoms with Crippen LogP contribution in [0, 0.1) is 0 Å². The van der Waals surface area contributed by atoms with Crippen LogP contribution in [0.3, 0.4) is 0 Å². The molecule has 0 fully saturated rings. The summed E-state index contributed by atoms with van der Waals surface area (Å²) in [5, 5.41) is 2.61. The molecule has 0 bridgehead atoms. The molecule has 1 aromatic rings. The highest BCUT2D eigenvalue weighted by Gasteiger charge is 2.48. The van der Waals surface area contributed by atoms with Crippen LogP contribution in [0.5, 0.6) is 5.75 Å². The molecular formula is C12H9Cl6NO3. The number of rotatable bonds is 1. The van der Waals surface area contributed by atoms with Gasteiger partial charge in [0.15, 0.2) is 0 Å². The molecule has 22 heavy (non-hydrogen) atoms. The van der Waals surface area contributed by atoms with E-state index < -0.39 is 20.0 Å². The van der Waals surface area contributed by atoms with Gasteiger partial charge >= 0.3 is 0 Å². The molecule has 1 aliphatic rings. The van der Waals surface area contributed by atoms with Crippen LogP contribution in [-0.2, 0) is 9.53 Å². The minimum Gasteiger partial charge on any atom is -0.460 e. The lowest BCUT2D eigenvalue weighted by Gasteiger charge is -2.38. The van der Waals surface area contributed by atoms with Crippen LogP contribution < -0.4 is 10.1 Å². The summed E-state index contributed by atoms with van der Waals surface area (Å²) in [6.07, 6.45) is -2.30. The molecule has 1 aromatic carbocycles. The lowest BCUT2D eigenvalue weighted by Crippen LogP contribution is -2.42. The number of carbonyl (C=O) groups excluding carboxylic acids is 1. The number of carbonyl (C=O) groups is 1. The van der Waals surface area contributed by atoms with Gasteiger partial charge < -0.3 is 14.8 Å². The summed E-state index contributed by atoms with van der Waals surface area (Å²) in [6.45, 7) is 1.37. The number of hydrogen-bond acceptors (Lipinski definition) is 3. The summed E-state index contributed by atoms with van der Waals surface area (Å²) >= 11 is 35.2. The molecule has 122 valence electrons. The quantitative estimate of drug-likeness (QED) is 0.629. The number of anilines is 1. The smallest absolute Gasteiger partial charge is 0.252 e. The Morgan fingerprint density at radius 2 is 1.77 bits per heavy atom. The highest BCUT2D eigenvalue weighted by Crippen LogP contribution is 2.51. The molecule has 4 nitrogen and oxygen atoms in total. The number of amides is 1. The van der Waals surface area contributed by atoms with Crippen molar-refractivity contribution in [3.05, 3.63) is 23.8 Å². The first-order valence-corrected chi connectivity index (χ1v) is 8.12. The fraction of sp³-hybridized carbons (Fsp3) is 0.417. The van der Waals surface area contributed by atoms with Crippen LogP contribution in [0.25, 0.3) is 0 Å². The minimum atomic E-state index is -1.87. The van der Waals surface area contributed by atoms with Crippen molar-refractivity contribution in [2.75, 3.05) is 5.32 Å².